The Balaban J connectivity index is 2.91. The standard InChI is InChI=1S/C9H14ClN3O2/c1-3-13(4-5-15-2)8-7(10)9(14)12-6-11-8/h6H,3-5H2,1-2H3,(H,11,12,14). The van der Waals surface area contributed by atoms with Crippen LogP contribution in [0.4, 0.5) is 5.82 Å². The summed E-state index contributed by atoms with van der Waals surface area (Å²) in [7, 11) is 1.63. The zero-order valence-electron chi connectivity index (χ0n) is 8.79. The molecule has 0 aromatic carbocycles. The van der Waals surface area contributed by atoms with E-state index in [0.717, 1.165) is 6.54 Å². The van der Waals surface area contributed by atoms with Crippen LogP contribution in [0.25, 0.3) is 0 Å². The van der Waals surface area contributed by atoms with Gasteiger partial charge in [0.05, 0.1) is 12.9 Å². The van der Waals surface area contributed by atoms with Crippen molar-refractivity contribution in [3.8, 4) is 0 Å². The van der Waals surface area contributed by atoms with Crippen molar-refractivity contribution in [1.29, 1.82) is 0 Å². The van der Waals surface area contributed by atoms with Gasteiger partial charge in [-0.2, -0.15) is 0 Å². The molecule has 0 bridgehead atoms. The summed E-state index contributed by atoms with van der Waals surface area (Å²) in [5.41, 5.74) is -0.322. The van der Waals surface area contributed by atoms with Crippen LogP contribution in [0.1, 0.15) is 6.92 Å². The van der Waals surface area contributed by atoms with E-state index in [1.165, 1.54) is 6.33 Å². The van der Waals surface area contributed by atoms with Crippen LogP contribution in [0.5, 0.6) is 0 Å². The van der Waals surface area contributed by atoms with Gasteiger partial charge in [-0.1, -0.05) is 11.6 Å². The Morgan fingerprint density at radius 2 is 2.40 bits per heavy atom. The molecule has 0 radical (unpaired) electrons. The maximum absolute atomic E-state index is 11.2. The molecule has 1 rings (SSSR count). The Kier molecular flexibility index (Phi) is 4.58. The van der Waals surface area contributed by atoms with Gasteiger partial charge in [0, 0.05) is 20.2 Å². The number of nitrogens with one attached hydrogen (secondary N) is 1. The smallest absolute Gasteiger partial charge is 0.271 e. The van der Waals surface area contributed by atoms with Crippen LogP contribution in [-0.2, 0) is 4.74 Å². The zero-order chi connectivity index (χ0) is 11.3. The van der Waals surface area contributed by atoms with E-state index in [4.69, 9.17) is 16.3 Å². The molecule has 0 atom stereocenters. The number of hydrogen-bond acceptors (Lipinski definition) is 4. The summed E-state index contributed by atoms with van der Waals surface area (Å²) in [4.78, 5) is 19.6. The fourth-order valence-corrected chi connectivity index (χ4v) is 1.43. The van der Waals surface area contributed by atoms with Gasteiger partial charge in [-0.3, -0.25) is 4.79 Å². The van der Waals surface area contributed by atoms with Crippen molar-refractivity contribution < 1.29 is 4.74 Å². The van der Waals surface area contributed by atoms with E-state index in [9.17, 15) is 4.79 Å². The monoisotopic (exact) mass is 231 g/mol. The molecule has 0 aliphatic carbocycles. The van der Waals surface area contributed by atoms with Crippen LogP contribution in [0.15, 0.2) is 11.1 Å². The molecule has 1 aromatic heterocycles. The Labute approximate surface area is 93.0 Å². The number of likely N-dealkylation sites (N-methyl/N-ethyl adjacent to an activating group) is 1. The number of hydrogen-bond donors (Lipinski definition) is 1. The Bertz CT molecular complexity index is 367. The summed E-state index contributed by atoms with van der Waals surface area (Å²) >= 11 is 5.86. The lowest BCUT2D eigenvalue weighted by Gasteiger charge is -2.21. The highest BCUT2D eigenvalue weighted by Crippen LogP contribution is 2.17. The van der Waals surface area contributed by atoms with E-state index in [0.29, 0.717) is 19.0 Å². The van der Waals surface area contributed by atoms with Gasteiger partial charge in [0.25, 0.3) is 5.56 Å². The summed E-state index contributed by atoms with van der Waals surface area (Å²) < 4.78 is 4.97. The van der Waals surface area contributed by atoms with E-state index >= 15 is 0 Å². The zero-order valence-corrected chi connectivity index (χ0v) is 9.54. The van der Waals surface area contributed by atoms with Gasteiger partial charge in [0.2, 0.25) is 0 Å². The number of H-pyrrole nitrogens is 1. The lowest BCUT2D eigenvalue weighted by atomic mass is 10.4. The van der Waals surface area contributed by atoms with Gasteiger partial charge in [0.15, 0.2) is 5.82 Å². The molecule has 1 N–H and O–H groups in total. The molecule has 0 aliphatic rings. The van der Waals surface area contributed by atoms with Crippen molar-refractivity contribution in [2.45, 2.75) is 6.92 Å². The van der Waals surface area contributed by atoms with E-state index in [-0.39, 0.29) is 10.6 Å². The van der Waals surface area contributed by atoms with Crippen molar-refractivity contribution in [3.63, 3.8) is 0 Å². The molecule has 0 spiro atoms. The molecule has 0 fully saturated rings. The fraction of sp³-hybridized carbons (Fsp3) is 0.556. The normalized spacial score (nSPS) is 10.3. The third-order valence-corrected chi connectivity index (χ3v) is 2.37. The van der Waals surface area contributed by atoms with Gasteiger partial charge in [-0.25, -0.2) is 4.98 Å². The average Bonchev–Trinajstić information content (AvgIpc) is 2.25. The Morgan fingerprint density at radius 1 is 1.67 bits per heavy atom. The maximum Gasteiger partial charge on any atom is 0.271 e. The molecule has 1 heterocycles. The third kappa shape index (κ3) is 2.94. The summed E-state index contributed by atoms with van der Waals surface area (Å²) in [5.74, 6) is 0.500. The largest absolute Gasteiger partial charge is 0.383 e. The molecule has 0 aliphatic heterocycles. The van der Waals surface area contributed by atoms with Crippen LogP contribution in [-0.4, -0.2) is 36.8 Å². The first-order valence-corrected chi connectivity index (χ1v) is 5.05. The number of ether oxygens (including phenoxy) is 1. The fourth-order valence-electron chi connectivity index (χ4n) is 1.21. The second-order valence-electron chi connectivity index (χ2n) is 2.94. The second-order valence-corrected chi connectivity index (χ2v) is 3.32. The second kappa shape index (κ2) is 5.72. The minimum absolute atomic E-state index is 0.121. The quantitative estimate of drug-likeness (QED) is 0.818. The average molecular weight is 232 g/mol. The van der Waals surface area contributed by atoms with Gasteiger partial charge in [-0.05, 0) is 6.92 Å². The molecule has 5 nitrogen and oxygen atoms in total. The van der Waals surface area contributed by atoms with Crippen LogP contribution in [0.3, 0.4) is 0 Å². The first-order chi connectivity index (χ1) is 7.20. The molecular formula is C9H14ClN3O2. The highest BCUT2D eigenvalue weighted by molar-refractivity contribution is 6.32. The molecular weight excluding hydrogens is 218 g/mol. The van der Waals surface area contributed by atoms with Crippen LogP contribution in [0, 0.1) is 0 Å². The van der Waals surface area contributed by atoms with Crippen molar-refractivity contribution in [2.75, 3.05) is 31.7 Å². The number of halogens is 1. The minimum Gasteiger partial charge on any atom is -0.383 e. The van der Waals surface area contributed by atoms with Crippen LogP contribution >= 0.6 is 11.6 Å². The molecule has 0 saturated carbocycles. The lowest BCUT2D eigenvalue weighted by molar-refractivity contribution is 0.205. The summed E-state index contributed by atoms with van der Waals surface area (Å²) in [5, 5.41) is 0.121. The lowest BCUT2D eigenvalue weighted by Crippen LogP contribution is -2.29. The number of aromatic nitrogens is 2. The number of rotatable bonds is 5. The topological polar surface area (TPSA) is 58.2 Å². The Morgan fingerprint density at radius 3 is 3.00 bits per heavy atom. The van der Waals surface area contributed by atoms with Gasteiger partial charge < -0.3 is 14.6 Å². The first-order valence-electron chi connectivity index (χ1n) is 4.67. The van der Waals surface area contributed by atoms with E-state index in [1.807, 2.05) is 11.8 Å². The van der Waals surface area contributed by atoms with E-state index in [2.05, 4.69) is 9.97 Å². The van der Waals surface area contributed by atoms with Gasteiger partial charge >= 0.3 is 0 Å². The number of nitrogens with zero attached hydrogens (tertiary/aromatic N) is 2. The molecule has 84 valence electrons. The Hall–Kier alpha value is -1.07. The van der Waals surface area contributed by atoms with Gasteiger partial charge in [-0.15, -0.1) is 0 Å². The predicted molar refractivity (Wildman–Crippen MR) is 59.6 cm³/mol. The molecule has 0 saturated heterocycles. The molecule has 0 unspecified atom stereocenters. The first kappa shape index (κ1) is 12.0. The van der Waals surface area contributed by atoms with Crippen LogP contribution < -0.4 is 10.5 Å². The van der Waals surface area contributed by atoms with Crippen molar-refractivity contribution in [3.05, 3.63) is 21.7 Å². The van der Waals surface area contributed by atoms with Crippen molar-refractivity contribution in [2.24, 2.45) is 0 Å². The highest BCUT2D eigenvalue weighted by atomic mass is 35.5. The number of aromatic amines is 1. The van der Waals surface area contributed by atoms with Crippen LogP contribution in [0.2, 0.25) is 5.02 Å². The minimum atomic E-state index is -0.322. The number of anilines is 1. The van der Waals surface area contributed by atoms with Crippen molar-refractivity contribution in [1.82, 2.24) is 9.97 Å². The SMILES string of the molecule is CCN(CCOC)c1nc[nH]c(=O)c1Cl. The molecule has 15 heavy (non-hydrogen) atoms. The third-order valence-electron chi connectivity index (χ3n) is 2.02. The molecule has 1 aromatic rings. The summed E-state index contributed by atoms with van der Waals surface area (Å²) in [6.07, 6.45) is 1.35. The van der Waals surface area contributed by atoms with Gasteiger partial charge in [0.1, 0.15) is 5.02 Å². The van der Waals surface area contributed by atoms with E-state index < -0.39 is 0 Å². The van der Waals surface area contributed by atoms with E-state index in [1.54, 1.807) is 7.11 Å². The molecule has 6 heteroatoms. The predicted octanol–water partition coefficient (Wildman–Crippen LogP) is 0.896. The van der Waals surface area contributed by atoms with Crippen molar-refractivity contribution >= 4 is 17.4 Å². The maximum atomic E-state index is 11.2. The summed E-state index contributed by atoms with van der Waals surface area (Å²) in [6.45, 7) is 3.91. The molecule has 0 amide bonds. The highest BCUT2D eigenvalue weighted by Gasteiger charge is 2.12. The number of methoxy groups -OCH3 is 1. The summed E-state index contributed by atoms with van der Waals surface area (Å²) in [6, 6.07) is 0.